The molecule has 1 atom stereocenters. The van der Waals surface area contributed by atoms with Gasteiger partial charge in [-0.15, -0.1) is 0 Å². The Kier molecular flexibility index (Phi) is 5.26. The van der Waals surface area contributed by atoms with E-state index >= 15 is 0 Å². The number of halogens is 2. The van der Waals surface area contributed by atoms with Gasteiger partial charge in [-0.2, -0.15) is 8.78 Å². The van der Waals surface area contributed by atoms with Crippen molar-refractivity contribution in [1.82, 2.24) is 10.2 Å². The van der Waals surface area contributed by atoms with Crippen LogP contribution in [-0.4, -0.2) is 37.7 Å². The highest BCUT2D eigenvalue weighted by Gasteiger charge is 2.31. The van der Waals surface area contributed by atoms with Crippen LogP contribution in [0, 0.1) is 5.92 Å². The van der Waals surface area contributed by atoms with Gasteiger partial charge < -0.3 is 10.1 Å². The van der Waals surface area contributed by atoms with Crippen molar-refractivity contribution in [3.63, 3.8) is 0 Å². The van der Waals surface area contributed by atoms with Crippen LogP contribution in [0.2, 0.25) is 0 Å². The van der Waals surface area contributed by atoms with Crippen molar-refractivity contribution in [2.24, 2.45) is 5.92 Å². The average molecular weight is 310 g/mol. The molecular formula is C17H24F2N2O. The third-order valence-electron chi connectivity index (χ3n) is 4.84. The minimum absolute atomic E-state index is 0.240. The van der Waals surface area contributed by atoms with E-state index in [9.17, 15) is 8.78 Å². The SMILES string of the molecule is FC(F)Oc1ccc([C@@H](C2CCCC2)N2CCNCC2)cc1. The Morgan fingerprint density at radius 2 is 1.68 bits per heavy atom. The van der Waals surface area contributed by atoms with E-state index in [0.29, 0.717) is 12.0 Å². The summed E-state index contributed by atoms with van der Waals surface area (Å²) >= 11 is 0. The second-order valence-electron chi connectivity index (χ2n) is 6.22. The number of piperazine rings is 1. The molecule has 1 aliphatic carbocycles. The van der Waals surface area contributed by atoms with Gasteiger partial charge in [0.15, 0.2) is 0 Å². The van der Waals surface area contributed by atoms with Crippen molar-refractivity contribution in [1.29, 1.82) is 0 Å². The molecule has 3 rings (SSSR count). The maximum Gasteiger partial charge on any atom is 0.387 e. The summed E-state index contributed by atoms with van der Waals surface area (Å²) in [6.07, 6.45) is 5.15. The van der Waals surface area contributed by atoms with E-state index in [-0.39, 0.29) is 5.75 Å². The fraction of sp³-hybridized carbons (Fsp3) is 0.647. The lowest BCUT2D eigenvalue weighted by atomic mass is 9.89. The average Bonchev–Trinajstić information content (AvgIpc) is 3.04. The van der Waals surface area contributed by atoms with Crippen LogP contribution in [-0.2, 0) is 0 Å². The molecule has 1 aromatic carbocycles. The highest BCUT2D eigenvalue weighted by molar-refractivity contribution is 5.30. The predicted molar refractivity (Wildman–Crippen MR) is 82.2 cm³/mol. The van der Waals surface area contributed by atoms with E-state index < -0.39 is 6.61 Å². The van der Waals surface area contributed by atoms with Crippen molar-refractivity contribution >= 4 is 0 Å². The summed E-state index contributed by atoms with van der Waals surface area (Å²) in [5.41, 5.74) is 1.23. The maximum absolute atomic E-state index is 12.3. The highest BCUT2D eigenvalue weighted by atomic mass is 19.3. The fourth-order valence-electron chi connectivity index (χ4n) is 3.86. The molecule has 1 heterocycles. The summed E-state index contributed by atoms with van der Waals surface area (Å²) in [6, 6.07) is 7.67. The van der Waals surface area contributed by atoms with Crippen molar-refractivity contribution in [3.8, 4) is 5.75 Å². The van der Waals surface area contributed by atoms with Gasteiger partial charge in [0.05, 0.1) is 0 Å². The Balaban J connectivity index is 1.78. The quantitative estimate of drug-likeness (QED) is 0.902. The minimum atomic E-state index is -2.76. The van der Waals surface area contributed by atoms with E-state index in [1.165, 1.54) is 31.2 Å². The van der Waals surface area contributed by atoms with Crippen LogP contribution in [0.15, 0.2) is 24.3 Å². The fourth-order valence-corrected chi connectivity index (χ4v) is 3.86. The van der Waals surface area contributed by atoms with E-state index in [2.05, 4.69) is 15.0 Å². The van der Waals surface area contributed by atoms with Gasteiger partial charge >= 0.3 is 6.61 Å². The topological polar surface area (TPSA) is 24.5 Å². The number of hydrogen-bond donors (Lipinski definition) is 1. The number of nitrogens with one attached hydrogen (secondary N) is 1. The number of alkyl halides is 2. The van der Waals surface area contributed by atoms with Gasteiger partial charge in [0.1, 0.15) is 5.75 Å². The molecule has 1 aromatic rings. The molecule has 0 unspecified atom stereocenters. The predicted octanol–water partition coefficient (Wildman–Crippen LogP) is 3.42. The van der Waals surface area contributed by atoms with E-state index in [4.69, 9.17) is 0 Å². The second-order valence-corrected chi connectivity index (χ2v) is 6.22. The van der Waals surface area contributed by atoms with Crippen molar-refractivity contribution < 1.29 is 13.5 Å². The van der Waals surface area contributed by atoms with E-state index in [1.807, 2.05) is 12.1 Å². The largest absolute Gasteiger partial charge is 0.435 e. The first kappa shape index (κ1) is 15.7. The first-order valence-corrected chi connectivity index (χ1v) is 8.23. The highest BCUT2D eigenvalue weighted by Crippen LogP contribution is 2.40. The Hall–Kier alpha value is -1.20. The second kappa shape index (κ2) is 7.38. The standard InChI is InChI=1S/C17H24F2N2O/c18-17(19)22-15-7-5-14(6-8-15)16(13-3-1-2-4-13)21-11-9-20-10-12-21/h5-8,13,16-17,20H,1-4,9-12H2/t16-/m1/s1. The van der Waals surface area contributed by atoms with Crippen LogP contribution in [0.4, 0.5) is 8.78 Å². The Morgan fingerprint density at radius 1 is 1.05 bits per heavy atom. The van der Waals surface area contributed by atoms with E-state index in [1.54, 1.807) is 12.1 Å². The van der Waals surface area contributed by atoms with Crippen LogP contribution in [0.1, 0.15) is 37.3 Å². The number of nitrogens with zero attached hydrogens (tertiary/aromatic N) is 1. The van der Waals surface area contributed by atoms with Crippen LogP contribution in [0.3, 0.4) is 0 Å². The van der Waals surface area contributed by atoms with Gasteiger partial charge in [-0.1, -0.05) is 25.0 Å². The minimum Gasteiger partial charge on any atom is -0.435 e. The lowest BCUT2D eigenvalue weighted by Crippen LogP contribution is -2.46. The zero-order valence-corrected chi connectivity index (χ0v) is 12.8. The van der Waals surface area contributed by atoms with Gasteiger partial charge in [-0.3, -0.25) is 4.90 Å². The van der Waals surface area contributed by atoms with Crippen molar-refractivity contribution in [3.05, 3.63) is 29.8 Å². The Morgan fingerprint density at radius 3 is 2.27 bits per heavy atom. The van der Waals surface area contributed by atoms with Crippen LogP contribution < -0.4 is 10.1 Å². The molecule has 0 bridgehead atoms. The number of hydrogen-bond acceptors (Lipinski definition) is 3. The molecule has 1 aliphatic heterocycles. The summed E-state index contributed by atoms with van der Waals surface area (Å²) in [7, 11) is 0. The summed E-state index contributed by atoms with van der Waals surface area (Å²) in [5.74, 6) is 0.921. The zero-order chi connectivity index (χ0) is 15.4. The lowest BCUT2D eigenvalue weighted by Gasteiger charge is -2.38. The van der Waals surface area contributed by atoms with Gasteiger partial charge in [-0.25, -0.2) is 0 Å². The maximum atomic E-state index is 12.3. The molecule has 0 aromatic heterocycles. The number of rotatable bonds is 5. The van der Waals surface area contributed by atoms with Crippen molar-refractivity contribution in [2.75, 3.05) is 26.2 Å². The van der Waals surface area contributed by atoms with Gasteiger partial charge in [0.25, 0.3) is 0 Å². The van der Waals surface area contributed by atoms with Crippen LogP contribution in [0.25, 0.3) is 0 Å². The van der Waals surface area contributed by atoms with E-state index in [0.717, 1.165) is 26.2 Å². The first-order chi connectivity index (χ1) is 10.7. The first-order valence-electron chi connectivity index (χ1n) is 8.23. The summed E-state index contributed by atoms with van der Waals surface area (Å²) in [4.78, 5) is 2.55. The van der Waals surface area contributed by atoms with Crippen LogP contribution >= 0.6 is 0 Å². The van der Waals surface area contributed by atoms with Gasteiger partial charge in [0, 0.05) is 32.2 Å². The Bertz CT molecular complexity index is 454. The summed E-state index contributed by atoms with van der Waals surface area (Å²) in [6.45, 7) is 1.39. The Labute approximate surface area is 130 Å². The van der Waals surface area contributed by atoms with Gasteiger partial charge in [-0.05, 0) is 36.5 Å². The molecule has 3 nitrogen and oxygen atoms in total. The molecule has 2 aliphatic rings. The smallest absolute Gasteiger partial charge is 0.387 e. The monoisotopic (exact) mass is 310 g/mol. The molecular weight excluding hydrogens is 286 g/mol. The number of ether oxygens (including phenoxy) is 1. The molecule has 1 saturated heterocycles. The lowest BCUT2D eigenvalue weighted by molar-refractivity contribution is -0.0498. The normalized spacial score (nSPS) is 22.1. The molecule has 122 valence electrons. The molecule has 22 heavy (non-hydrogen) atoms. The molecule has 0 radical (unpaired) electrons. The molecule has 0 amide bonds. The number of benzene rings is 1. The molecule has 2 fully saturated rings. The van der Waals surface area contributed by atoms with Gasteiger partial charge in [0.2, 0.25) is 0 Å². The zero-order valence-electron chi connectivity index (χ0n) is 12.8. The summed E-state index contributed by atoms with van der Waals surface area (Å²) < 4.78 is 29.0. The third kappa shape index (κ3) is 3.76. The van der Waals surface area contributed by atoms with Crippen LogP contribution in [0.5, 0.6) is 5.75 Å². The summed E-state index contributed by atoms with van der Waals surface area (Å²) in [5, 5.41) is 3.40. The van der Waals surface area contributed by atoms with Crippen molar-refractivity contribution in [2.45, 2.75) is 38.3 Å². The molecule has 0 spiro atoms. The molecule has 5 heteroatoms. The molecule has 1 N–H and O–H groups in total. The third-order valence-corrected chi connectivity index (χ3v) is 4.84. The molecule has 1 saturated carbocycles.